The summed E-state index contributed by atoms with van der Waals surface area (Å²) < 4.78 is 16.0. The van der Waals surface area contributed by atoms with Gasteiger partial charge in [-0.1, -0.05) is 12.1 Å². The van der Waals surface area contributed by atoms with Crippen molar-refractivity contribution in [2.75, 3.05) is 31.1 Å². The van der Waals surface area contributed by atoms with Crippen LogP contribution in [-0.4, -0.2) is 46.9 Å². The van der Waals surface area contributed by atoms with Crippen LogP contribution >= 0.6 is 0 Å². The third-order valence-corrected chi connectivity index (χ3v) is 4.67. The van der Waals surface area contributed by atoms with Crippen molar-refractivity contribution in [1.29, 1.82) is 0 Å². The SMILES string of the molecule is Cc1cc(C)n(CC(C)N2CCN(c3ccccc3F)CC2)n1. The van der Waals surface area contributed by atoms with Crippen LogP contribution in [0.15, 0.2) is 30.3 Å². The summed E-state index contributed by atoms with van der Waals surface area (Å²) in [7, 11) is 0. The van der Waals surface area contributed by atoms with Gasteiger partial charge in [-0.25, -0.2) is 4.39 Å². The second-order valence-corrected chi connectivity index (χ2v) is 6.43. The number of hydrogen-bond donors (Lipinski definition) is 0. The summed E-state index contributed by atoms with van der Waals surface area (Å²) in [4.78, 5) is 4.61. The average Bonchev–Trinajstić information content (AvgIpc) is 2.85. The third kappa shape index (κ3) is 3.55. The lowest BCUT2D eigenvalue weighted by Crippen LogP contribution is -2.50. The van der Waals surface area contributed by atoms with Crippen LogP contribution in [0.2, 0.25) is 0 Å². The van der Waals surface area contributed by atoms with Crippen LogP contribution in [0.3, 0.4) is 0 Å². The number of benzene rings is 1. The number of rotatable bonds is 4. The Morgan fingerprint density at radius 1 is 1.13 bits per heavy atom. The molecular formula is C18H25FN4. The number of para-hydroxylation sites is 1. The van der Waals surface area contributed by atoms with Gasteiger partial charge in [-0.15, -0.1) is 0 Å². The molecule has 1 fully saturated rings. The second-order valence-electron chi connectivity index (χ2n) is 6.43. The number of nitrogens with zero attached hydrogens (tertiary/aromatic N) is 4. The van der Waals surface area contributed by atoms with Crippen molar-refractivity contribution in [3.8, 4) is 0 Å². The van der Waals surface area contributed by atoms with E-state index in [4.69, 9.17) is 0 Å². The van der Waals surface area contributed by atoms with Crippen LogP contribution in [-0.2, 0) is 6.54 Å². The monoisotopic (exact) mass is 316 g/mol. The summed E-state index contributed by atoms with van der Waals surface area (Å²) in [5.74, 6) is -0.128. The van der Waals surface area contributed by atoms with E-state index < -0.39 is 0 Å². The van der Waals surface area contributed by atoms with Crippen LogP contribution < -0.4 is 4.90 Å². The summed E-state index contributed by atoms with van der Waals surface area (Å²) in [6.45, 7) is 10.9. The Hall–Kier alpha value is -1.88. The molecule has 1 atom stereocenters. The van der Waals surface area contributed by atoms with Gasteiger partial charge in [0.05, 0.1) is 17.9 Å². The molecule has 3 rings (SSSR count). The zero-order valence-electron chi connectivity index (χ0n) is 14.2. The molecule has 0 amide bonds. The Bertz CT molecular complexity index is 659. The molecule has 1 saturated heterocycles. The van der Waals surface area contributed by atoms with Crippen LogP contribution in [0.1, 0.15) is 18.3 Å². The number of piperazine rings is 1. The first-order valence-electron chi connectivity index (χ1n) is 8.29. The highest BCUT2D eigenvalue weighted by Gasteiger charge is 2.23. The van der Waals surface area contributed by atoms with E-state index in [1.165, 1.54) is 11.8 Å². The van der Waals surface area contributed by atoms with Gasteiger partial charge in [0.15, 0.2) is 0 Å². The Morgan fingerprint density at radius 2 is 1.83 bits per heavy atom. The Kier molecular flexibility index (Phi) is 4.66. The summed E-state index contributed by atoms with van der Waals surface area (Å²) in [5, 5.41) is 4.55. The predicted molar refractivity (Wildman–Crippen MR) is 91.3 cm³/mol. The van der Waals surface area contributed by atoms with Crippen LogP contribution in [0.25, 0.3) is 0 Å². The molecule has 1 aromatic heterocycles. The summed E-state index contributed by atoms with van der Waals surface area (Å²) >= 11 is 0. The maximum absolute atomic E-state index is 13.9. The van der Waals surface area contributed by atoms with E-state index in [1.54, 1.807) is 6.07 Å². The molecule has 0 aliphatic carbocycles. The van der Waals surface area contributed by atoms with Crippen LogP contribution in [0.4, 0.5) is 10.1 Å². The zero-order chi connectivity index (χ0) is 16.4. The minimum absolute atomic E-state index is 0.128. The third-order valence-electron chi connectivity index (χ3n) is 4.67. The summed E-state index contributed by atoms with van der Waals surface area (Å²) in [6.07, 6.45) is 0. The molecule has 1 aliphatic rings. The molecule has 1 aliphatic heterocycles. The molecule has 0 bridgehead atoms. The smallest absolute Gasteiger partial charge is 0.146 e. The fourth-order valence-electron chi connectivity index (χ4n) is 3.34. The quantitative estimate of drug-likeness (QED) is 0.867. The molecule has 1 aromatic carbocycles. The van der Waals surface area contributed by atoms with Gasteiger partial charge >= 0.3 is 0 Å². The maximum atomic E-state index is 13.9. The number of aromatic nitrogens is 2. The van der Waals surface area contributed by atoms with Crippen LogP contribution in [0, 0.1) is 19.7 Å². The lowest BCUT2D eigenvalue weighted by atomic mass is 10.2. The Balaban J connectivity index is 1.58. The first kappa shape index (κ1) is 16.0. The van der Waals surface area contributed by atoms with Gasteiger partial charge < -0.3 is 4.90 Å². The molecule has 5 heteroatoms. The van der Waals surface area contributed by atoms with E-state index in [0.717, 1.165) is 44.1 Å². The lowest BCUT2D eigenvalue weighted by Gasteiger charge is -2.39. The van der Waals surface area contributed by atoms with Crippen molar-refractivity contribution in [2.45, 2.75) is 33.4 Å². The number of hydrogen-bond acceptors (Lipinski definition) is 3. The van der Waals surface area contributed by atoms with Gasteiger partial charge in [0.2, 0.25) is 0 Å². The molecule has 1 unspecified atom stereocenters. The number of anilines is 1. The van der Waals surface area contributed by atoms with Crippen molar-refractivity contribution in [1.82, 2.24) is 14.7 Å². The normalized spacial score (nSPS) is 17.5. The number of halogens is 1. The molecule has 0 N–H and O–H groups in total. The zero-order valence-corrected chi connectivity index (χ0v) is 14.2. The fourth-order valence-corrected chi connectivity index (χ4v) is 3.34. The summed E-state index contributed by atoms with van der Waals surface area (Å²) in [5.41, 5.74) is 3.00. The standard InChI is InChI=1S/C18H25FN4/c1-14-12-15(2)23(20-14)13-16(3)21-8-10-22(11-9-21)18-7-5-4-6-17(18)19/h4-7,12,16H,8-11,13H2,1-3H3. The molecule has 0 saturated carbocycles. The fraction of sp³-hybridized carbons (Fsp3) is 0.500. The molecule has 0 spiro atoms. The Morgan fingerprint density at radius 3 is 2.43 bits per heavy atom. The summed E-state index contributed by atoms with van der Waals surface area (Å²) in [6, 6.07) is 9.58. The predicted octanol–water partition coefficient (Wildman–Crippen LogP) is 2.85. The Labute approximate surface area is 137 Å². The molecular weight excluding hydrogens is 291 g/mol. The highest BCUT2D eigenvalue weighted by molar-refractivity contribution is 5.48. The van der Waals surface area contributed by atoms with Gasteiger partial charge in [0.25, 0.3) is 0 Å². The maximum Gasteiger partial charge on any atom is 0.146 e. The highest BCUT2D eigenvalue weighted by Crippen LogP contribution is 2.21. The minimum Gasteiger partial charge on any atom is -0.367 e. The van der Waals surface area contributed by atoms with Gasteiger partial charge in [0.1, 0.15) is 5.82 Å². The molecule has 4 nitrogen and oxygen atoms in total. The highest BCUT2D eigenvalue weighted by atomic mass is 19.1. The number of aryl methyl sites for hydroxylation is 2. The van der Waals surface area contributed by atoms with Crippen molar-refractivity contribution in [3.63, 3.8) is 0 Å². The van der Waals surface area contributed by atoms with Gasteiger partial charge in [-0.05, 0) is 39.0 Å². The average molecular weight is 316 g/mol. The van der Waals surface area contributed by atoms with Crippen molar-refractivity contribution >= 4 is 5.69 Å². The molecule has 2 heterocycles. The van der Waals surface area contributed by atoms with Crippen LogP contribution in [0.5, 0.6) is 0 Å². The van der Waals surface area contributed by atoms with E-state index in [1.807, 2.05) is 19.1 Å². The first-order chi connectivity index (χ1) is 11.0. The first-order valence-corrected chi connectivity index (χ1v) is 8.29. The lowest BCUT2D eigenvalue weighted by molar-refractivity contribution is 0.176. The molecule has 124 valence electrons. The van der Waals surface area contributed by atoms with Gasteiger partial charge in [0, 0.05) is 37.9 Å². The van der Waals surface area contributed by atoms with Gasteiger partial charge in [-0.3, -0.25) is 9.58 Å². The van der Waals surface area contributed by atoms with E-state index in [2.05, 4.69) is 39.5 Å². The second kappa shape index (κ2) is 6.71. The topological polar surface area (TPSA) is 24.3 Å². The molecule has 23 heavy (non-hydrogen) atoms. The van der Waals surface area contributed by atoms with Gasteiger partial charge in [-0.2, -0.15) is 5.10 Å². The van der Waals surface area contributed by atoms with Crippen molar-refractivity contribution in [3.05, 3.63) is 47.5 Å². The van der Waals surface area contributed by atoms with Crippen molar-refractivity contribution in [2.24, 2.45) is 0 Å². The molecule has 2 aromatic rings. The molecule has 0 radical (unpaired) electrons. The van der Waals surface area contributed by atoms with E-state index in [0.29, 0.717) is 6.04 Å². The van der Waals surface area contributed by atoms with Crippen molar-refractivity contribution < 1.29 is 4.39 Å². The largest absolute Gasteiger partial charge is 0.367 e. The van der Waals surface area contributed by atoms with E-state index in [9.17, 15) is 4.39 Å². The van der Waals surface area contributed by atoms with E-state index >= 15 is 0 Å². The minimum atomic E-state index is -0.128. The van der Waals surface area contributed by atoms with E-state index in [-0.39, 0.29) is 5.82 Å².